The molecule has 0 bridgehead atoms. The van der Waals surface area contributed by atoms with Crippen LogP contribution in [0.2, 0.25) is 0 Å². The maximum absolute atomic E-state index is 5.10. The van der Waals surface area contributed by atoms with Crippen molar-refractivity contribution in [1.82, 2.24) is 20.5 Å². The normalized spacial score (nSPS) is 15.6. The van der Waals surface area contributed by atoms with E-state index in [1.54, 1.807) is 14.2 Å². The number of aliphatic imine (C=N–C) groups is 1. The maximum Gasteiger partial charge on any atom is 0.212 e. The molecule has 6 nitrogen and oxygen atoms in total. The zero-order chi connectivity index (χ0) is 18.9. The SMILES string of the molecule is CN=C(NCc1ccc(OC)nc1)NCC(c1ccccc1)N1CCCC1.I. The van der Waals surface area contributed by atoms with E-state index < -0.39 is 0 Å². The molecule has 1 aromatic heterocycles. The highest BCUT2D eigenvalue weighted by molar-refractivity contribution is 14.0. The first kappa shape index (κ1) is 22.4. The molecule has 1 aromatic carbocycles. The van der Waals surface area contributed by atoms with Crippen LogP contribution in [0.25, 0.3) is 0 Å². The fraction of sp³-hybridized carbons (Fsp3) is 0.429. The van der Waals surface area contributed by atoms with Gasteiger partial charge >= 0.3 is 0 Å². The lowest BCUT2D eigenvalue weighted by molar-refractivity contribution is 0.245. The van der Waals surface area contributed by atoms with Crippen LogP contribution in [0.3, 0.4) is 0 Å². The molecule has 2 aromatic rings. The predicted octanol–water partition coefficient (Wildman–Crippen LogP) is 3.21. The number of halogens is 1. The van der Waals surface area contributed by atoms with Gasteiger partial charge in [-0.25, -0.2) is 4.98 Å². The summed E-state index contributed by atoms with van der Waals surface area (Å²) in [6.07, 6.45) is 4.37. The number of guanidine groups is 1. The second-order valence-corrected chi connectivity index (χ2v) is 6.69. The lowest BCUT2D eigenvalue weighted by Gasteiger charge is -2.29. The number of likely N-dealkylation sites (tertiary alicyclic amines) is 1. The molecule has 0 spiro atoms. The summed E-state index contributed by atoms with van der Waals surface area (Å²) in [5, 5.41) is 6.85. The molecule has 0 radical (unpaired) electrons. The summed E-state index contributed by atoms with van der Waals surface area (Å²) in [4.78, 5) is 11.2. The van der Waals surface area contributed by atoms with Gasteiger partial charge in [0.05, 0.1) is 13.2 Å². The molecule has 28 heavy (non-hydrogen) atoms. The van der Waals surface area contributed by atoms with Crippen LogP contribution in [-0.2, 0) is 6.54 Å². The number of benzene rings is 1. The van der Waals surface area contributed by atoms with E-state index in [9.17, 15) is 0 Å². The summed E-state index contributed by atoms with van der Waals surface area (Å²) < 4.78 is 5.10. The number of nitrogens with one attached hydrogen (secondary N) is 2. The van der Waals surface area contributed by atoms with Gasteiger partial charge in [0, 0.05) is 32.4 Å². The fourth-order valence-electron chi connectivity index (χ4n) is 3.42. The first-order valence-electron chi connectivity index (χ1n) is 9.52. The number of hydrogen-bond donors (Lipinski definition) is 2. The summed E-state index contributed by atoms with van der Waals surface area (Å²) in [5.74, 6) is 1.42. The minimum atomic E-state index is 0. The molecule has 7 heteroatoms. The molecule has 1 saturated heterocycles. The van der Waals surface area contributed by atoms with Gasteiger partial charge in [0.1, 0.15) is 0 Å². The molecule has 1 atom stereocenters. The standard InChI is InChI=1S/C21H29N5O.HI/c1-22-21(24-15-17-10-11-20(27-2)23-14-17)25-16-19(26-12-6-7-13-26)18-8-4-3-5-9-18;/h3-5,8-11,14,19H,6-7,12-13,15-16H2,1-2H3,(H2,22,24,25);1H. The fourth-order valence-corrected chi connectivity index (χ4v) is 3.42. The topological polar surface area (TPSA) is 61.8 Å². The van der Waals surface area contributed by atoms with Gasteiger partial charge in [0.2, 0.25) is 5.88 Å². The van der Waals surface area contributed by atoms with E-state index in [-0.39, 0.29) is 24.0 Å². The first-order chi connectivity index (χ1) is 13.3. The molecule has 1 aliphatic rings. The third-order valence-electron chi connectivity index (χ3n) is 4.92. The van der Waals surface area contributed by atoms with Crippen LogP contribution in [0.5, 0.6) is 5.88 Å². The van der Waals surface area contributed by atoms with Crippen LogP contribution in [0.15, 0.2) is 53.7 Å². The molecule has 2 heterocycles. The molecule has 0 saturated carbocycles. The number of rotatable bonds is 7. The van der Waals surface area contributed by atoms with E-state index >= 15 is 0 Å². The minimum absolute atomic E-state index is 0. The number of pyridine rings is 1. The van der Waals surface area contributed by atoms with Gasteiger partial charge in [-0.2, -0.15) is 0 Å². The van der Waals surface area contributed by atoms with Crippen molar-refractivity contribution in [2.45, 2.75) is 25.4 Å². The van der Waals surface area contributed by atoms with Gasteiger partial charge in [-0.1, -0.05) is 36.4 Å². The number of methoxy groups -OCH3 is 1. The first-order valence-corrected chi connectivity index (χ1v) is 9.52. The Balaban J connectivity index is 0.00000280. The Morgan fingerprint density at radius 2 is 1.89 bits per heavy atom. The van der Waals surface area contributed by atoms with E-state index in [0.29, 0.717) is 18.5 Å². The van der Waals surface area contributed by atoms with E-state index in [2.05, 4.69) is 55.8 Å². The van der Waals surface area contributed by atoms with Crippen LogP contribution in [0.1, 0.15) is 30.0 Å². The largest absolute Gasteiger partial charge is 0.481 e. The lowest BCUT2D eigenvalue weighted by atomic mass is 10.1. The highest BCUT2D eigenvalue weighted by atomic mass is 127. The average molecular weight is 495 g/mol. The van der Waals surface area contributed by atoms with Crippen molar-refractivity contribution in [1.29, 1.82) is 0 Å². The number of ether oxygens (including phenoxy) is 1. The third-order valence-corrected chi connectivity index (χ3v) is 4.92. The maximum atomic E-state index is 5.10. The van der Waals surface area contributed by atoms with Crippen LogP contribution < -0.4 is 15.4 Å². The van der Waals surface area contributed by atoms with Crippen molar-refractivity contribution in [3.05, 3.63) is 59.8 Å². The number of hydrogen-bond acceptors (Lipinski definition) is 4. The third kappa shape index (κ3) is 6.34. The molecule has 1 unspecified atom stereocenters. The second kappa shape index (κ2) is 11.9. The average Bonchev–Trinajstić information content (AvgIpc) is 3.26. The zero-order valence-electron chi connectivity index (χ0n) is 16.6. The Morgan fingerprint density at radius 1 is 1.14 bits per heavy atom. The Morgan fingerprint density at radius 3 is 2.50 bits per heavy atom. The monoisotopic (exact) mass is 495 g/mol. The molecule has 2 N–H and O–H groups in total. The van der Waals surface area contributed by atoms with Gasteiger partial charge < -0.3 is 15.4 Å². The van der Waals surface area contributed by atoms with Crippen LogP contribution in [-0.4, -0.2) is 49.6 Å². The van der Waals surface area contributed by atoms with E-state index in [0.717, 1.165) is 31.2 Å². The minimum Gasteiger partial charge on any atom is -0.481 e. The molecule has 3 rings (SSSR count). The Labute approximate surface area is 184 Å². The van der Waals surface area contributed by atoms with Gasteiger partial charge in [-0.3, -0.25) is 9.89 Å². The molecule has 1 fully saturated rings. The van der Waals surface area contributed by atoms with Crippen molar-refractivity contribution in [2.75, 3.05) is 33.8 Å². The zero-order valence-corrected chi connectivity index (χ0v) is 18.9. The van der Waals surface area contributed by atoms with Crippen LogP contribution in [0.4, 0.5) is 0 Å². The van der Waals surface area contributed by atoms with E-state index in [4.69, 9.17) is 4.74 Å². The van der Waals surface area contributed by atoms with Crippen molar-refractivity contribution in [3.63, 3.8) is 0 Å². The second-order valence-electron chi connectivity index (χ2n) is 6.69. The van der Waals surface area contributed by atoms with Crippen LogP contribution in [0, 0.1) is 0 Å². The van der Waals surface area contributed by atoms with Crippen molar-refractivity contribution in [3.8, 4) is 5.88 Å². The van der Waals surface area contributed by atoms with Gasteiger partial charge in [0.15, 0.2) is 5.96 Å². The summed E-state index contributed by atoms with van der Waals surface area (Å²) in [5.41, 5.74) is 2.43. The number of nitrogens with zero attached hydrogens (tertiary/aromatic N) is 3. The molecular weight excluding hydrogens is 465 g/mol. The molecule has 0 amide bonds. The van der Waals surface area contributed by atoms with Gasteiger partial charge in [-0.05, 0) is 37.1 Å². The molecule has 1 aliphatic heterocycles. The van der Waals surface area contributed by atoms with Crippen molar-refractivity contribution < 1.29 is 4.74 Å². The Kier molecular flexibility index (Phi) is 9.49. The van der Waals surface area contributed by atoms with Gasteiger partial charge in [0.25, 0.3) is 0 Å². The summed E-state index contributed by atoms with van der Waals surface area (Å²) in [6.45, 7) is 3.80. The molecule has 152 valence electrons. The summed E-state index contributed by atoms with van der Waals surface area (Å²) >= 11 is 0. The Bertz CT molecular complexity index is 717. The van der Waals surface area contributed by atoms with Crippen molar-refractivity contribution >= 4 is 29.9 Å². The Hall–Kier alpha value is -1.87. The van der Waals surface area contributed by atoms with Gasteiger partial charge in [-0.15, -0.1) is 24.0 Å². The smallest absolute Gasteiger partial charge is 0.212 e. The highest BCUT2D eigenvalue weighted by Gasteiger charge is 2.23. The molecular formula is C21H30IN5O. The van der Waals surface area contributed by atoms with E-state index in [1.807, 2.05) is 18.3 Å². The molecule has 0 aliphatic carbocycles. The van der Waals surface area contributed by atoms with E-state index in [1.165, 1.54) is 18.4 Å². The summed E-state index contributed by atoms with van der Waals surface area (Å²) in [6, 6.07) is 14.9. The quantitative estimate of drug-likeness (QED) is 0.351. The van der Waals surface area contributed by atoms with Crippen LogP contribution >= 0.6 is 24.0 Å². The lowest BCUT2D eigenvalue weighted by Crippen LogP contribution is -2.42. The summed E-state index contributed by atoms with van der Waals surface area (Å²) in [7, 11) is 3.42. The number of aromatic nitrogens is 1. The van der Waals surface area contributed by atoms with Crippen molar-refractivity contribution in [2.24, 2.45) is 4.99 Å². The highest BCUT2D eigenvalue weighted by Crippen LogP contribution is 2.24. The predicted molar refractivity (Wildman–Crippen MR) is 124 cm³/mol.